The first-order valence-electron chi connectivity index (χ1n) is 5.85. The van der Waals surface area contributed by atoms with Gasteiger partial charge in [-0.3, -0.25) is 4.79 Å². The Kier molecular flexibility index (Phi) is 3.88. The zero-order valence-corrected chi connectivity index (χ0v) is 10.2. The summed E-state index contributed by atoms with van der Waals surface area (Å²) < 4.78 is 0. The molecule has 1 aliphatic carbocycles. The highest BCUT2D eigenvalue weighted by Crippen LogP contribution is 2.18. The van der Waals surface area contributed by atoms with E-state index in [1.165, 1.54) is 19.3 Å². The van der Waals surface area contributed by atoms with Crippen LogP contribution in [0, 0.1) is 0 Å². The van der Waals surface area contributed by atoms with Gasteiger partial charge in [0.05, 0.1) is 0 Å². The van der Waals surface area contributed by atoms with Gasteiger partial charge >= 0.3 is 0 Å². The summed E-state index contributed by atoms with van der Waals surface area (Å²) in [4.78, 5) is 12.7. The van der Waals surface area contributed by atoms with E-state index in [1.807, 2.05) is 18.2 Å². The fourth-order valence-electron chi connectivity index (χ4n) is 2.16. The monoisotopic (exact) mass is 235 g/mol. The van der Waals surface area contributed by atoms with E-state index in [-0.39, 0.29) is 5.91 Å². The van der Waals surface area contributed by atoms with Gasteiger partial charge in [-0.05, 0) is 31.0 Å². The van der Waals surface area contributed by atoms with Crippen LogP contribution in [0.15, 0.2) is 29.2 Å². The number of benzene rings is 1. The molecule has 0 unspecified atom stereocenters. The van der Waals surface area contributed by atoms with Crippen molar-refractivity contribution in [2.45, 2.75) is 43.0 Å². The van der Waals surface area contributed by atoms with Crippen molar-refractivity contribution in [3.8, 4) is 0 Å². The zero-order chi connectivity index (χ0) is 11.4. The molecule has 1 aromatic carbocycles. The Morgan fingerprint density at radius 3 is 2.69 bits per heavy atom. The normalized spacial score (nSPS) is 17.1. The largest absolute Gasteiger partial charge is 0.349 e. The van der Waals surface area contributed by atoms with Crippen LogP contribution in [0.5, 0.6) is 0 Å². The molecule has 2 nitrogen and oxygen atoms in total. The first-order chi connectivity index (χ1) is 7.75. The molecule has 1 N–H and O–H groups in total. The van der Waals surface area contributed by atoms with E-state index in [1.54, 1.807) is 6.07 Å². The van der Waals surface area contributed by atoms with Gasteiger partial charge < -0.3 is 5.32 Å². The average Bonchev–Trinajstić information content (AvgIpc) is 2.30. The van der Waals surface area contributed by atoms with Crippen molar-refractivity contribution in [2.24, 2.45) is 0 Å². The molecule has 0 atom stereocenters. The summed E-state index contributed by atoms with van der Waals surface area (Å²) >= 11 is 4.23. The minimum atomic E-state index is 0.0304. The molecule has 0 aliphatic heterocycles. The summed E-state index contributed by atoms with van der Waals surface area (Å²) in [5.41, 5.74) is 0.707. The molecule has 1 aliphatic rings. The van der Waals surface area contributed by atoms with Crippen LogP contribution in [0.3, 0.4) is 0 Å². The first kappa shape index (κ1) is 11.5. The lowest BCUT2D eigenvalue weighted by Gasteiger charge is -2.22. The van der Waals surface area contributed by atoms with Gasteiger partial charge in [-0.25, -0.2) is 0 Å². The number of carbonyl (C=O) groups is 1. The van der Waals surface area contributed by atoms with E-state index in [9.17, 15) is 4.79 Å². The van der Waals surface area contributed by atoms with Crippen LogP contribution in [0.4, 0.5) is 0 Å². The highest BCUT2D eigenvalue weighted by atomic mass is 32.1. The third-order valence-corrected chi connectivity index (χ3v) is 3.33. The maximum atomic E-state index is 11.9. The molecule has 1 saturated carbocycles. The molecule has 0 heterocycles. The van der Waals surface area contributed by atoms with Crippen molar-refractivity contribution in [3.63, 3.8) is 0 Å². The molecule has 0 bridgehead atoms. The van der Waals surface area contributed by atoms with Crippen LogP contribution in [0.2, 0.25) is 0 Å². The van der Waals surface area contributed by atoms with Gasteiger partial charge in [0.2, 0.25) is 0 Å². The summed E-state index contributed by atoms with van der Waals surface area (Å²) in [7, 11) is 0. The maximum Gasteiger partial charge on any atom is 0.251 e. The molecule has 2 rings (SSSR count). The molecule has 0 saturated heterocycles. The quantitative estimate of drug-likeness (QED) is 0.758. The Hall–Kier alpha value is -0.960. The Balaban J connectivity index is 1.97. The van der Waals surface area contributed by atoms with Crippen molar-refractivity contribution < 1.29 is 4.79 Å². The molecule has 3 heteroatoms. The molecule has 1 aromatic rings. The SMILES string of the molecule is O=C(NC1CCCCC1)c1cccc(S)c1. The fourth-order valence-corrected chi connectivity index (χ4v) is 2.39. The third-order valence-electron chi connectivity index (χ3n) is 3.05. The maximum absolute atomic E-state index is 11.9. The molecule has 0 aromatic heterocycles. The van der Waals surface area contributed by atoms with Crippen LogP contribution in [0.25, 0.3) is 0 Å². The second-order valence-electron chi connectivity index (χ2n) is 4.36. The van der Waals surface area contributed by atoms with Crippen LogP contribution < -0.4 is 5.32 Å². The van der Waals surface area contributed by atoms with E-state index in [0.29, 0.717) is 11.6 Å². The van der Waals surface area contributed by atoms with Crippen LogP contribution in [-0.4, -0.2) is 11.9 Å². The van der Waals surface area contributed by atoms with Gasteiger partial charge in [0.15, 0.2) is 0 Å². The van der Waals surface area contributed by atoms with Crippen molar-refractivity contribution in [1.82, 2.24) is 5.32 Å². The Morgan fingerprint density at radius 2 is 2.00 bits per heavy atom. The van der Waals surface area contributed by atoms with Crippen LogP contribution in [0.1, 0.15) is 42.5 Å². The Morgan fingerprint density at radius 1 is 1.25 bits per heavy atom. The standard InChI is InChI=1S/C13H17NOS/c15-13(10-5-4-8-12(16)9-10)14-11-6-2-1-3-7-11/h4-5,8-9,11,16H,1-3,6-7H2,(H,14,15). The van der Waals surface area contributed by atoms with Crippen LogP contribution in [-0.2, 0) is 0 Å². The van der Waals surface area contributed by atoms with Gasteiger partial charge in [0.1, 0.15) is 0 Å². The number of carbonyl (C=O) groups excluding carboxylic acids is 1. The zero-order valence-electron chi connectivity index (χ0n) is 9.28. The van der Waals surface area contributed by atoms with E-state index in [4.69, 9.17) is 0 Å². The minimum absolute atomic E-state index is 0.0304. The predicted molar refractivity (Wildman–Crippen MR) is 68.0 cm³/mol. The van der Waals surface area contributed by atoms with Gasteiger partial charge in [-0.15, -0.1) is 12.6 Å². The van der Waals surface area contributed by atoms with Crippen LogP contribution >= 0.6 is 12.6 Å². The van der Waals surface area contributed by atoms with Crippen molar-refractivity contribution in [1.29, 1.82) is 0 Å². The summed E-state index contributed by atoms with van der Waals surface area (Å²) in [6.07, 6.45) is 6.01. The second-order valence-corrected chi connectivity index (χ2v) is 4.88. The lowest BCUT2D eigenvalue weighted by molar-refractivity contribution is 0.0927. The number of thiol groups is 1. The fraction of sp³-hybridized carbons (Fsp3) is 0.462. The molecule has 1 fully saturated rings. The highest BCUT2D eigenvalue weighted by molar-refractivity contribution is 7.80. The predicted octanol–water partition coefficient (Wildman–Crippen LogP) is 3.04. The molecular formula is C13H17NOS. The molecule has 86 valence electrons. The average molecular weight is 235 g/mol. The lowest BCUT2D eigenvalue weighted by Crippen LogP contribution is -2.36. The van der Waals surface area contributed by atoms with Gasteiger partial charge in [-0.2, -0.15) is 0 Å². The molecule has 1 amide bonds. The third kappa shape index (κ3) is 3.01. The number of hydrogen-bond acceptors (Lipinski definition) is 2. The van der Waals surface area contributed by atoms with E-state index in [0.717, 1.165) is 17.7 Å². The highest BCUT2D eigenvalue weighted by Gasteiger charge is 2.16. The second kappa shape index (κ2) is 5.39. The summed E-state index contributed by atoms with van der Waals surface area (Å²) in [5, 5.41) is 3.09. The Bertz CT molecular complexity index is 372. The molecular weight excluding hydrogens is 218 g/mol. The number of nitrogens with one attached hydrogen (secondary N) is 1. The summed E-state index contributed by atoms with van der Waals surface area (Å²) in [6.45, 7) is 0. The summed E-state index contributed by atoms with van der Waals surface area (Å²) in [6, 6.07) is 7.74. The van der Waals surface area contributed by atoms with Crippen molar-refractivity contribution >= 4 is 18.5 Å². The van der Waals surface area contributed by atoms with Gasteiger partial charge in [-0.1, -0.05) is 25.3 Å². The lowest BCUT2D eigenvalue weighted by atomic mass is 9.95. The minimum Gasteiger partial charge on any atom is -0.349 e. The smallest absolute Gasteiger partial charge is 0.251 e. The number of amides is 1. The van der Waals surface area contributed by atoms with Gasteiger partial charge in [0.25, 0.3) is 5.91 Å². The number of hydrogen-bond donors (Lipinski definition) is 2. The Labute approximate surface area is 102 Å². The topological polar surface area (TPSA) is 29.1 Å². The van der Waals surface area contributed by atoms with Crippen molar-refractivity contribution in [2.75, 3.05) is 0 Å². The molecule has 0 spiro atoms. The molecule has 0 radical (unpaired) electrons. The van der Waals surface area contributed by atoms with E-state index in [2.05, 4.69) is 17.9 Å². The van der Waals surface area contributed by atoms with Gasteiger partial charge in [0, 0.05) is 16.5 Å². The van der Waals surface area contributed by atoms with E-state index < -0.39 is 0 Å². The van der Waals surface area contributed by atoms with E-state index >= 15 is 0 Å². The summed E-state index contributed by atoms with van der Waals surface area (Å²) in [5.74, 6) is 0.0304. The van der Waals surface area contributed by atoms with Crippen molar-refractivity contribution in [3.05, 3.63) is 29.8 Å². The molecule has 16 heavy (non-hydrogen) atoms. The first-order valence-corrected chi connectivity index (χ1v) is 6.30. The number of rotatable bonds is 2.